The topological polar surface area (TPSA) is 17.1 Å². The summed E-state index contributed by atoms with van der Waals surface area (Å²) in [6.45, 7) is 0. The molecule has 0 spiro atoms. The summed E-state index contributed by atoms with van der Waals surface area (Å²) in [5, 5.41) is 0. The Morgan fingerprint density at radius 1 is 0.846 bits per heavy atom. The molecule has 0 aromatic carbocycles. The average Bonchev–Trinajstić information content (AvgIpc) is 1.82. The molecule has 0 N–H and O–H groups in total. The molecule has 0 heterocycles. The van der Waals surface area contributed by atoms with Gasteiger partial charge in [-0.1, -0.05) is 24.3 Å². The van der Waals surface area contributed by atoms with Gasteiger partial charge in [0.15, 0.2) is 0 Å². The SMILES string of the molecule is C1=CCC/C=C\CC1.O=C(I)I.[Co]. The van der Waals surface area contributed by atoms with E-state index in [0.29, 0.717) is 0 Å². The number of carbonyl (C=O) groups excluding carboxylic acids is 1. The largest absolute Gasteiger partial charge is 0.276 e. The minimum absolute atomic E-state index is 0. The zero-order valence-electron chi connectivity index (χ0n) is 7.14. The van der Waals surface area contributed by atoms with Crippen LogP contribution >= 0.6 is 45.2 Å². The molecule has 1 aliphatic carbocycles. The molecule has 1 radical (unpaired) electrons. The van der Waals surface area contributed by atoms with Gasteiger partial charge < -0.3 is 0 Å². The van der Waals surface area contributed by atoms with Crippen LogP contribution in [-0.2, 0) is 16.8 Å². The average molecular weight is 449 g/mol. The number of halogens is 2. The van der Waals surface area contributed by atoms with E-state index in [-0.39, 0.29) is 18.6 Å². The van der Waals surface area contributed by atoms with Crippen LogP contribution in [0.5, 0.6) is 0 Å². The van der Waals surface area contributed by atoms with E-state index in [4.69, 9.17) is 0 Å². The van der Waals surface area contributed by atoms with Gasteiger partial charge in [-0.15, -0.1) is 0 Å². The van der Waals surface area contributed by atoms with Crippen LogP contribution in [0.2, 0.25) is 0 Å². The van der Waals surface area contributed by atoms with Crippen LogP contribution in [0.15, 0.2) is 24.3 Å². The Kier molecular flexibility index (Phi) is 16.7. The van der Waals surface area contributed by atoms with E-state index in [0.717, 1.165) is 0 Å². The van der Waals surface area contributed by atoms with Crippen LogP contribution in [0.25, 0.3) is 0 Å². The van der Waals surface area contributed by atoms with Gasteiger partial charge >= 0.3 is 0 Å². The molecule has 0 amide bonds. The molecule has 0 aromatic heterocycles. The molecule has 77 valence electrons. The predicted octanol–water partition coefficient (Wildman–Crippen LogP) is 4.65. The van der Waals surface area contributed by atoms with Crippen LogP contribution in [0.3, 0.4) is 0 Å². The third-order valence-electron chi connectivity index (χ3n) is 1.33. The molecule has 13 heavy (non-hydrogen) atoms. The van der Waals surface area contributed by atoms with Crippen LogP contribution < -0.4 is 0 Å². The second-order valence-electron chi connectivity index (χ2n) is 2.32. The van der Waals surface area contributed by atoms with Gasteiger partial charge in [-0.3, -0.25) is 4.79 Å². The third-order valence-corrected chi connectivity index (χ3v) is 1.33. The number of carbonyl (C=O) groups is 1. The monoisotopic (exact) mass is 449 g/mol. The zero-order chi connectivity index (χ0) is 9.23. The fraction of sp³-hybridized carbons (Fsp3) is 0.444. The molecule has 0 bridgehead atoms. The van der Waals surface area contributed by atoms with Gasteiger partial charge in [0.2, 0.25) is 0 Å². The summed E-state index contributed by atoms with van der Waals surface area (Å²) in [5.41, 5.74) is 0. The molecule has 0 saturated heterocycles. The molecule has 0 saturated carbocycles. The van der Waals surface area contributed by atoms with Gasteiger partial charge in [-0.25, -0.2) is 0 Å². The molecule has 0 aliphatic heterocycles. The Bertz CT molecular complexity index is 148. The van der Waals surface area contributed by atoms with Crippen molar-refractivity contribution >= 4 is 47.0 Å². The maximum Gasteiger partial charge on any atom is 0.251 e. The summed E-state index contributed by atoms with van der Waals surface area (Å²) in [5.74, 6) is 0. The van der Waals surface area contributed by atoms with Crippen molar-refractivity contribution < 1.29 is 21.6 Å². The maximum atomic E-state index is 9.42. The van der Waals surface area contributed by atoms with Crippen molar-refractivity contribution in [2.45, 2.75) is 25.7 Å². The van der Waals surface area contributed by atoms with Gasteiger partial charge in [0.25, 0.3) is 1.80 Å². The number of rotatable bonds is 0. The number of allylic oxidation sites excluding steroid dienone is 4. The van der Waals surface area contributed by atoms with E-state index in [1.165, 1.54) is 25.7 Å². The first-order valence-electron chi connectivity index (χ1n) is 3.88. The molecular formula is C9H12CoI2O. The Morgan fingerprint density at radius 2 is 1.00 bits per heavy atom. The second kappa shape index (κ2) is 13.1. The summed E-state index contributed by atoms with van der Waals surface area (Å²) < 4.78 is 0.107. The smallest absolute Gasteiger partial charge is 0.251 e. The van der Waals surface area contributed by atoms with Crippen molar-refractivity contribution in [1.29, 1.82) is 0 Å². The minimum Gasteiger partial charge on any atom is -0.276 e. The summed E-state index contributed by atoms with van der Waals surface area (Å²) in [6.07, 6.45) is 14.0. The summed E-state index contributed by atoms with van der Waals surface area (Å²) in [6, 6.07) is 0. The van der Waals surface area contributed by atoms with E-state index < -0.39 is 0 Å². The van der Waals surface area contributed by atoms with Crippen LogP contribution in [-0.4, -0.2) is 1.80 Å². The van der Waals surface area contributed by atoms with Crippen LogP contribution in [0, 0.1) is 0 Å². The van der Waals surface area contributed by atoms with Crippen molar-refractivity contribution in [2.75, 3.05) is 0 Å². The Balaban J connectivity index is 0. The van der Waals surface area contributed by atoms with Crippen LogP contribution in [0.4, 0.5) is 4.79 Å². The molecule has 4 heteroatoms. The minimum atomic E-state index is 0. The second-order valence-corrected chi connectivity index (χ2v) is 6.35. The van der Waals surface area contributed by atoms with E-state index >= 15 is 0 Å². The standard InChI is InChI=1S/C8H12.CI2O.Co/c1-2-4-6-8-7-5-3-1;2-1(3)4;/h1-2,7-8H,3-6H2;;/b2-1-,8-7?;;. The number of hydrogen-bond donors (Lipinski definition) is 0. The van der Waals surface area contributed by atoms with Crippen molar-refractivity contribution in [1.82, 2.24) is 0 Å². The zero-order valence-corrected chi connectivity index (χ0v) is 12.5. The first-order chi connectivity index (χ1) is 5.73. The normalized spacial score (nSPS) is 16.8. The quantitative estimate of drug-likeness (QED) is 0.299. The molecule has 1 aliphatic rings. The van der Waals surface area contributed by atoms with Crippen LogP contribution in [0.1, 0.15) is 25.7 Å². The summed E-state index contributed by atoms with van der Waals surface area (Å²) in [4.78, 5) is 9.42. The molecular weight excluding hydrogens is 437 g/mol. The van der Waals surface area contributed by atoms with Gasteiger partial charge in [0.1, 0.15) is 0 Å². The molecule has 1 rings (SSSR count). The Morgan fingerprint density at radius 3 is 1.15 bits per heavy atom. The summed E-state index contributed by atoms with van der Waals surface area (Å²) >= 11 is 3.38. The van der Waals surface area contributed by atoms with E-state index in [2.05, 4.69) is 24.3 Å². The number of hydrogen-bond acceptors (Lipinski definition) is 1. The maximum absolute atomic E-state index is 9.42. The Labute approximate surface area is 117 Å². The third kappa shape index (κ3) is 19.5. The van der Waals surface area contributed by atoms with Gasteiger partial charge in [0.05, 0.1) is 0 Å². The fourth-order valence-corrected chi connectivity index (χ4v) is 0.856. The summed E-state index contributed by atoms with van der Waals surface area (Å²) in [7, 11) is 0. The van der Waals surface area contributed by atoms with E-state index in [1.807, 2.05) is 0 Å². The van der Waals surface area contributed by atoms with Gasteiger partial charge in [-0.05, 0) is 25.7 Å². The fourth-order valence-electron chi connectivity index (χ4n) is 0.856. The van der Waals surface area contributed by atoms with Crippen molar-refractivity contribution in [2.24, 2.45) is 0 Å². The van der Waals surface area contributed by atoms with Crippen molar-refractivity contribution in [3.63, 3.8) is 0 Å². The Hall–Kier alpha value is 1.12. The molecule has 0 fully saturated rings. The molecule has 0 aromatic rings. The van der Waals surface area contributed by atoms with Crippen molar-refractivity contribution in [3.05, 3.63) is 24.3 Å². The van der Waals surface area contributed by atoms with E-state index in [9.17, 15) is 4.79 Å². The first-order valence-corrected chi connectivity index (χ1v) is 6.04. The molecule has 1 nitrogen and oxygen atoms in total. The molecule has 0 unspecified atom stereocenters. The van der Waals surface area contributed by atoms with Crippen molar-refractivity contribution in [3.8, 4) is 0 Å². The van der Waals surface area contributed by atoms with Gasteiger partial charge in [-0.2, -0.15) is 0 Å². The van der Waals surface area contributed by atoms with E-state index in [1.54, 1.807) is 45.2 Å². The van der Waals surface area contributed by atoms with Gasteiger partial charge in [0, 0.05) is 62.0 Å². The predicted molar refractivity (Wildman–Crippen MR) is 70.2 cm³/mol. The first kappa shape index (κ1) is 16.5. The molecule has 0 atom stereocenters.